The fourth-order valence-electron chi connectivity index (χ4n) is 9.37. The molecule has 0 aliphatic heterocycles. The third-order valence-electron chi connectivity index (χ3n) is 12.9. The van der Waals surface area contributed by atoms with Crippen molar-refractivity contribution in [3.05, 3.63) is 135 Å². The summed E-state index contributed by atoms with van der Waals surface area (Å²) in [6.07, 6.45) is 10.0. The van der Waals surface area contributed by atoms with E-state index in [-0.39, 0.29) is 40.5 Å². The number of esters is 1. The van der Waals surface area contributed by atoms with E-state index in [2.05, 4.69) is 78.8 Å². The van der Waals surface area contributed by atoms with Crippen LogP contribution in [0, 0.1) is 31.6 Å². The summed E-state index contributed by atoms with van der Waals surface area (Å²) in [6.45, 7) is 23.8. The molecule has 0 saturated carbocycles. The van der Waals surface area contributed by atoms with Crippen molar-refractivity contribution < 1.29 is 48.0 Å². The molecule has 2 aliphatic carbocycles. The van der Waals surface area contributed by atoms with Crippen molar-refractivity contribution in [3.8, 4) is 0 Å². The SMILES string of the molecule is CC(=CCS(=O)(=O)c1ccc(C)cc1)CC(C1=C(C)CCCC1(C)C)S(=O)(=O)c1ccc(C)cc1.CC(=O)OCC=C(C)CC(C1=C(C)CCCC1(C)C)S(=O)(=O)c1ccc(C)cc1.I[I-]I. The van der Waals surface area contributed by atoms with Gasteiger partial charge in [-0.2, -0.15) is 0 Å². The van der Waals surface area contributed by atoms with Gasteiger partial charge in [0.2, 0.25) is 0 Å². The molecule has 3 aromatic rings. The first kappa shape index (κ1) is 59.4. The first-order valence-electron chi connectivity index (χ1n) is 22.7. The Bertz CT molecular complexity index is 2620. The molecule has 0 aromatic heterocycles. The van der Waals surface area contributed by atoms with Gasteiger partial charge in [0.1, 0.15) is 6.61 Å². The van der Waals surface area contributed by atoms with Gasteiger partial charge in [-0.3, -0.25) is 4.79 Å². The number of aryl methyl sites for hydroxylation is 3. The molecule has 2 atom stereocenters. The van der Waals surface area contributed by atoms with Gasteiger partial charge < -0.3 is 4.74 Å². The Morgan fingerprint density at radius 1 is 0.597 bits per heavy atom. The monoisotopic (exact) mass is 1310 g/mol. The number of allylic oxidation sites excluding steroid dienone is 4. The van der Waals surface area contributed by atoms with E-state index in [9.17, 15) is 30.0 Å². The van der Waals surface area contributed by atoms with Crippen LogP contribution >= 0.6 is 37.2 Å². The molecular formula is C53H72I3O8S3-. The van der Waals surface area contributed by atoms with E-state index >= 15 is 0 Å². The molecule has 0 fully saturated rings. The van der Waals surface area contributed by atoms with Crippen LogP contribution in [0.15, 0.2) is 133 Å². The third kappa shape index (κ3) is 17.2. The zero-order chi connectivity index (χ0) is 50.5. The molecule has 14 heteroatoms. The summed E-state index contributed by atoms with van der Waals surface area (Å²) in [5.74, 6) is -0.495. The summed E-state index contributed by atoms with van der Waals surface area (Å²) in [5.41, 5.74) is 8.67. The average Bonchev–Trinajstić information content (AvgIpc) is 3.22. The molecule has 2 unspecified atom stereocenters. The van der Waals surface area contributed by atoms with E-state index in [0.29, 0.717) is 29.5 Å². The predicted octanol–water partition coefficient (Wildman–Crippen LogP) is 11.1. The normalized spacial score (nSPS) is 17.7. The van der Waals surface area contributed by atoms with E-state index in [0.717, 1.165) is 83.1 Å². The van der Waals surface area contributed by atoms with Crippen LogP contribution in [0.2, 0.25) is 0 Å². The second-order valence-electron chi connectivity index (χ2n) is 19.5. The second-order valence-corrected chi connectivity index (χ2v) is 42.1. The molecule has 0 spiro atoms. The summed E-state index contributed by atoms with van der Waals surface area (Å²) < 4.78 is 86.2. The standard InChI is InChI=1S/C29H38O4S2.C24H34O4S.I3/c1-21-9-13-25(14-10-21)34(30,31)19-17-23(3)20-27(28-24(4)8-7-18-29(28,5)6)35(32,33)26-15-11-22(2)12-16-26;1-17-9-11-21(12-10-17)29(26,27)22(16-18(2)13-15-28-20(4)25)23-19(3)8-7-14-24(23,5)6;1-3-2/h9-17,27H,7-8,18-20H2,1-6H3;9-13,22H,7-8,14-16H2,1-6H3;/q;;-1. The van der Waals surface area contributed by atoms with Crippen LogP contribution in [-0.4, -0.2) is 54.1 Å². The molecule has 8 nitrogen and oxygen atoms in total. The summed E-state index contributed by atoms with van der Waals surface area (Å²) in [7, 11) is -10.7. The third-order valence-corrected chi connectivity index (χ3v) is 18.7. The number of carbonyl (C=O) groups excluding carboxylic acids is 1. The van der Waals surface area contributed by atoms with Crippen LogP contribution in [0.1, 0.15) is 130 Å². The number of rotatable bonds is 15. The van der Waals surface area contributed by atoms with Crippen LogP contribution in [-0.2, 0) is 39.0 Å². The number of benzene rings is 3. The predicted molar refractivity (Wildman–Crippen MR) is 290 cm³/mol. The van der Waals surface area contributed by atoms with Crippen LogP contribution < -0.4 is 13.3 Å². The fraction of sp³-hybridized carbons (Fsp3) is 0.491. The van der Waals surface area contributed by atoms with Gasteiger partial charge in [0.05, 0.1) is 30.9 Å². The van der Waals surface area contributed by atoms with Crippen LogP contribution in [0.3, 0.4) is 0 Å². The number of ether oxygens (including phenoxy) is 1. The van der Waals surface area contributed by atoms with E-state index in [1.165, 1.54) is 12.5 Å². The zero-order valence-electron chi connectivity index (χ0n) is 41.4. The molecule has 0 saturated heterocycles. The van der Waals surface area contributed by atoms with E-state index in [4.69, 9.17) is 4.74 Å². The molecule has 0 heterocycles. The second kappa shape index (κ2) is 26.0. The average molecular weight is 1310 g/mol. The minimum atomic E-state index is -3.68. The van der Waals surface area contributed by atoms with Crippen molar-refractivity contribution in [2.24, 2.45) is 10.8 Å². The maximum atomic E-state index is 14.0. The Hall–Kier alpha value is -1.87. The number of halogens is 3. The van der Waals surface area contributed by atoms with Gasteiger partial charge in [-0.05, 0) is 164 Å². The van der Waals surface area contributed by atoms with E-state index in [1.807, 2.05) is 65.0 Å². The molecule has 67 heavy (non-hydrogen) atoms. The van der Waals surface area contributed by atoms with Gasteiger partial charge in [0.25, 0.3) is 0 Å². The van der Waals surface area contributed by atoms with Crippen molar-refractivity contribution in [1.29, 1.82) is 0 Å². The first-order valence-corrected chi connectivity index (χ1v) is 40.0. The van der Waals surface area contributed by atoms with Gasteiger partial charge in [0, 0.05) is 6.92 Å². The Kier molecular flexibility index (Phi) is 23.1. The number of hydrogen-bond donors (Lipinski definition) is 0. The molecule has 0 amide bonds. The Balaban J connectivity index is 0.000000341. The van der Waals surface area contributed by atoms with Crippen molar-refractivity contribution in [2.45, 2.75) is 160 Å². The topological polar surface area (TPSA) is 129 Å². The van der Waals surface area contributed by atoms with Crippen molar-refractivity contribution >= 4 is 72.7 Å². The fourth-order valence-corrected chi connectivity index (χ4v) is 14.9. The quantitative estimate of drug-likeness (QED) is 0.0836. The summed E-state index contributed by atoms with van der Waals surface area (Å²) in [6, 6.07) is 21.0. The molecule has 3 aromatic carbocycles. The molecule has 0 N–H and O–H groups in total. The number of sulfone groups is 3. The summed E-state index contributed by atoms with van der Waals surface area (Å²) in [5, 5.41) is -1.34. The Morgan fingerprint density at radius 2 is 0.925 bits per heavy atom. The van der Waals surface area contributed by atoms with Crippen LogP contribution in [0.5, 0.6) is 0 Å². The molecule has 5 rings (SSSR count). The Morgan fingerprint density at radius 3 is 1.25 bits per heavy atom. The molecule has 2 aliphatic rings. The van der Waals surface area contributed by atoms with Gasteiger partial charge in [-0.1, -0.05) is 109 Å². The number of hydrogen-bond acceptors (Lipinski definition) is 8. The first-order chi connectivity index (χ1) is 31.1. The van der Waals surface area contributed by atoms with Crippen molar-refractivity contribution in [2.75, 3.05) is 12.4 Å². The summed E-state index contributed by atoms with van der Waals surface area (Å²) >= 11 is 5.30. The van der Waals surface area contributed by atoms with Gasteiger partial charge in [0.15, 0.2) is 29.5 Å². The molecule has 0 radical (unpaired) electrons. The van der Waals surface area contributed by atoms with Gasteiger partial charge in [-0.15, -0.1) is 0 Å². The van der Waals surface area contributed by atoms with Crippen molar-refractivity contribution in [3.63, 3.8) is 0 Å². The van der Waals surface area contributed by atoms with E-state index < -0.39 is 40.0 Å². The number of carbonyl (C=O) groups is 1. The Labute approximate surface area is 434 Å². The van der Waals surface area contributed by atoms with Crippen molar-refractivity contribution in [1.82, 2.24) is 0 Å². The molecular weight excluding hydrogens is 1240 g/mol. The van der Waals surface area contributed by atoms with Crippen LogP contribution in [0.25, 0.3) is 0 Å². The van der Waals surface area contributed by atoms with Gasteiger partial charge >= 0.3 is 56.5 Å². The molecule has 372 valence electrons. The minimum absolute atomic E-state index is 0.152. The van der Waals surface area contributed by atoms with Crippen LogP contribution in [0.4, 0.5) is 0 Å². The van der Waals surface area contributed by atoms with Gasteiger partial charge in [-0.25, -0.2) is 25.3 Å². The van der Waals surface area contributed by atoms with E-state index in [1.54, 1.807) is 54.6 Å². The zero-order valence-corrected chi connectivity index (χ0v) is 50.4. The maximum absolute atomic E-state index is 14.0. The summed E-state index contributed by atoms with van der Waals surface area (Å²) in [4.78, 5) is 12.0. The molecule has 0 bridgehead atoms.